The molecule has 94 valence electrons. The van der Waals surface area contributed by atoms with E-state index in [0.29, 0.717) is 5.41 Å². The number of hydrogen-bond donors (Lipinski definition) is 1. The molecule has 1 N–H and O–H groups in total. The molecule has 0 aromatic carbocycles. The predicted octanol–water partition coefficient (Wildman–Crippen LogP) is 2.49. The van der Waals surface area contributed by atoms with Crippen LogP contribution in [-0.4, -0.2) is 37.1 Å². The molecule has 2 atom stereocenters. The van der Waals surface area contributed by atoms with Crippen LogP contribution in [0.1, 0.15) is 46.5 Å². The summed E-state index contributed by atoms with van der Waals surface area (Å²) in [5.41, 5.74) is 0.555. The molecule has 2 nitrogen and oxygen atoms in total. The van der Waals surface area contributed by atoms with Gasteiger partial charge in [0.05, 0.1) is 0 Å². The zero-order valence-electron chi connectivity index (χ0n) is 11.4. The Kier molecular flexibility index (Phi) is 3.60. The van der Waals surface area contributed by atoms with Crippen molar-refractivity contribution in [3.05, 3.63) is 0 Å². The second-order valence-electron chi connectivity index (χ2n) is 6.82. The number of likely N-dealkylation sites (N-methyl/N-ethyl adjacent to an activating group) is 1. The minimum Gasteiger partial charge on any atom is -0.312 e. The van der Waals surface area contributed by atoms with Crippen molar-refractivity contribution >= 4 is 0 Å². The summed E-state index contributed by atoms with van der Waals surface area (Å²) < 4.78 is 0. The Morgan fingerprint density at radius 1 is 1.25 bits per heavy atom. The molecule has 0 aromatic rings. The van der Waals surface area contributed by atoms with Gasteiger partial charge in [0.2, 0.25) is 0 Å². The molecule has 0 aromatic heterocycles. The maximum absolute atomic E-state index is 3.76. The Hall–Kier alpha value is -0.0800. The Bertz CT molecular complexity index is 233. The molecule has 0 bridgehead atoms. The molecule has 0 saturated heterocycles. The van der Waals surface area contributed by atoms with E-state index < -0.39 is 0 Å². The fourth-order valence-corrected chi connectivity index (χ4v) is 3.29. The third-order valence-electron chi connectivity index (χ3n) is 4.38. The van der Waals surface area contributed by atoms with Crippen LogP contribution < -0.4 is 5.32 Å². The van der Waals surface area contributed by atoms with E-state index in [0.717, 1.165) is 24.5 Å². The van der Waals surface area contributed by atoms with Crippen LogP contribution in [0.15, 0.2) is 0 Å². The maximum atomic E-state index is 3.76. The Balaban J connectivity index is 1.66. The van der Waals surface area contributed by atoms with Crippen LogP contribution in [0, 0.1) is 11.3 Å². The summed E-state index contributed by atoms with van der Waals surface area (Å²) in [5, 5.41) is 3.76. The summed E-state index contributed by atoms with van der Waals surface area (Å²) in [4.78, 5) is 2.51. The molecule has 2 aliphatic carbocycles. The molecule has 2 aliphatic rings. The molecule has 0 spiro atoms. The second-order valence-corrected chi connectivity index (χ2v) is 6.82. The summed E-state index contributed by atoms with van der Waals surface area (Å²) >= 11 is 0. The van der Waals surface area contributed by atoms with E-state index in [1.807, 2.05) is 0 Å². The summed E-state index contributed by atoms with van der Waals surface area (Å²) in [6, 6.07) is 1.65. The molecule has 0 aliphatic heterocycles. The largest absolute Gasteiger partial charge is 0.312 e. The fourth-order valence-electron chi connectivity index (χ4n) is 3.29. The van der Waals surface area contributed by atoms with Crippen LogP contribution in [0.5, 0.6) is 0 Å². The molecular weight excluding hydrogens is 196 g/mol. The van der Waals surface area contributed by atoms with Gasteiger partial charge in [-0.3, -0.25) is 0 Å². The maximum Gasteiger partial charge on any atom is 0.0107 e. The molecule has 2 rings (SSSR count). The minimum atomic E-state index is 0.555. The third kappa shape index (κ3) is 3.21. The van der Waals surface area contributed by atoms with Crippen LogP contribution in [-0.2, 0) is 0 Å². The van der Waals surface area contributed by atoms with E-state index in [9.17, 15) is 0 Å². The molecule has 0 heterocycles. The van der Waals surface area contributed by atoms with Crippen molar-refractivity contribution in [1.82, 2.24) is 10.2 Å². The highest BCUT2D eigenvalue weighted by molar-refractivity contribution is 4.91. The SMILES string of the molecule is CC1CC(C)(C)CC1NCCN(C)C1CC1. The van der Waals surface area contributed by atoms with Gasteiger partial charge in [0.1, 0.15) is 0 Å². The lowest BCUT2D eigenvalue weighted by Gasteiger charge is -2.21. The van der Waals surface area contributed by atoms with Crippen molar-refractivity contribution < 1.29 is 0 Å². The Morgan fingerprint density at radius 2 is 1.94 bits per heavy atom. The highest BCUT2D eigenvalue weighted by atomic mass is 15.2. The summed E-state index contributed by atoms with van der Waals surface area (Å²) in [5.74, 6) is 0.848. The molecule has 2 saturated carbocycles. The molecule has 0 radical (unpaired) electrons. The van der Waals surface area contributed by atoms with Crippen LogP contribution in [0.3, 0.4) is 0 Å². The molecule has 2 unspecified atom stereocenters. The smallest absolute Gasteiger partial charge is 0.0107 e. The lowest BCUT2D eigenvalue weighted by molar-refractivity contribution is 0.304. The van der Waals surface area contributed by atoms with E-state index in [1.165, 1.54) is 32.2 Å². The van der Waals surface area contributed by atoms with Crippen molar-refractivity contribution in [3.8, 4) is 0 Å². The normalized spacial score (nSPS) is 33.6. The molecule has 0 amide bonds. The van der Waals surface area contributed by atoms with Gasteiger partial charge < -0.3 is 10.2 Å². The van der Waals surface area contributed by atoms with Crippen LogP contribution in [0.25, 0.3) is 0 Å². The summed E-state index contributed by atoms with van der Waals surface area (Å²) in [6.07, 6.45) is 5.57. The Morgan fingerprint density at radius 3 is 2.44 bits per heavy atom. The van der Waals surface area contributed by atoms with Gasteiger partial charge in [-0.15, -0.1) is 0 Å². The van der Waals surface area contributed by atoms with Crippen molar-refractivity contribution in [2.24, 2.45) is 11.3 Å². The summed E-state index contributed by atoms with van der Waals surface area (Å²) in [6.45, 7) is 9.59. The lowest BCUT2D eigenvalue weighted by Crippen LogP contribution is -2.38. The number of hydrogen-bond acceptors (Lipinski definition) is 2. The highest BCUT2D eigenvalue weighted by Crippen LogP contribution is 2.40. The molecule has 2 heteroatoms. The van der Waals surface area contributed by atoms with E-state index in [-0.39, 0.29) is 0 Å². The first-order valence-corrected chi connectivity index (χ1v) is 6.91. The van der Waals surface area contributed by atoms with Gasteiger partial charge in [0.15, 0.2) is 0 Å². The predicted molar refractivity (Wildman–Crippen MR) is 69.6 cm³/mol. The minimum absolute atomic E-state index is 0.555. The van der Waals surface area contributed by atoms with Crippen LogP contribution >= 0.6 is 0 Å². The van der Waals surface area contributed by atoms with Crippen molar-refractivity contribution in [2.75, 3.05) is 20.1 Å². The zero-order valence-corrected chi connectivity index (χ0v) is 11.4. The van der Waals surface area contributed by atoms with Crippen LogP contribution in [0.2, 0.25) is 0 Å². The van der Waals surface area contributed by atoms with Crippen molar-refractivity contribution in [3.63, 3.8) is 0 Å². The number of nitrogens with zero attached hydrogens (tertiary/aromatic N) is 1. The van der Waals surface area contributed by atoms with Gasteiger partial charge in [-0.1, -0.05) is 20.8 Å². The topological polar surface area (TPSA) is 15.3 Å². The number of nitrogens with one attached hydrogen (secondary N) is 1. The van der Waals surface area contributed by atoms with Crippen molar-refractivity contribution in [2.45, 2.75) is 58.5 Å². The average molecular weight is 224 g/mol. The van der Waals surface area contributed by atoms with Gasteiger partial charge in [0.25, 0.3) is 0 Å². The van der Waals surface area contributed by atoms with Gasteiger partial charge in [-0.25, -0.2) is 0 Å². The van der Waals surface area contributed by atoms with E-state index in [2.05, 4.69) is 38.0 Å². The van der Waals surface area contributed by atoms with E-state index in [1.54, 1.807) is 0 Å². The Labute approximate surface area is 101 Å². The summed E-state index contributed by atoms with van der Waals surface area (Å²) in [7, 11) is 2.27. The monoisotopic (exact) mass is 224 g/mol. The first-order chi connectivity index (χ1) is 7.48. The highest BCUT2D eigenvalue weighted by Gasteiger charge is 2.36. The second kappa shape index (κ2) is 4.66. The van der Waals surface area contributed by atoms with Gasteiger partial charge >= 0.3 is 0 Å². The van der Waals surface area contributed by atoms with Crippen LogP contribution in [0.4, 0.5) is 0 Å². The standard InChI is InChI=1S/C14H28N2/c1-11-9-14(2,3)10-13(11)15-7-8-16(4)12-5-6-12/h11-13,15H,5-10H2,1-4H3. The average Bonchev–Trinajstić information content (AvgIpc) is 2.94. The molecule has 2 fully saturated rings. The first-order valence-electron chi connectivity index (χ1n) is 6.91. The lowest BCUT2D eigenvalue weighted by atomic mass is 9.91. The van der Waals surface area contributed by atoms with Gasteiger partial charge in [-0.2, -0.15) is 0 Å². The molecular formula is C14H28N2. The zero-order chi connectivity index (χ0) is 11.8. The van der Waals surface area contributed by atoms with Gasteiger partial charge in [-0.05, 0) is 44.1 Å². The van der Waals surface area contributed by atoms with Gasteiger partial charge in [0, 0.05) is 25.2 Å². The fraction of sp³-hybridized carbons (Fsp3) is 1.00. The van der Waals surface area contributed by atoms with E-state index in [4.69, 9.17) is 0 Å². The quantitative estimate of drug-likeness (QED) is 0.772. The number of rotatable bonds is 5. The first kappa shape index (κ1) is 12.4. The van der Waals surface area contributed by atoms with Crippen molar-refractivity contribution in [1.29, 1.82) is 0 Å². The van der Waals surface area contributed by atoms with E-state index >= 15 is 0 Å². The molecule has 16 heavy (non-hydrogen) atoms. The third-order valence-corrected chi connectivity index (χ3v) is 4.38.